The van der Waals surface area contributed by atoms with Crippen LogP contribution in [0.3, 0.4) is 0 Å². The third kappa shape index (κ3) is 2.03. The number of fused-ring (bicyclic) bond motifs is 1. The largest absolute Gasteiger partial charge is 0.388 e. The fraction of sp³-hybridized carbons (Fsp3) is 1.00. The van der Waals surface area contributed by atoms with Crippen LogP contribution in [0.4, 0.5) is 0 Å². The molecule has 88 valence electrons. The smallest absolute Gasteiger partial charge is 0.181 e. The molecule has 15 heavy (non-hydrogen) atoms. The van der Waals surface area contributed by atoms with Gasteiger partial charge in [-0.05, 0) is 13.8 Å². The number of methoxy groups -OCH3 is 1. The Hall–Kier alpha value is -0.200. The Morgan fingerprint density at radius 2 is 1.80 bits per heavy atom. The maximum Gasteiger partial charge on any atom is 0.181 e. The van der Waals surface area contributed by atoms with Crippen molar-refractivity contribution < 1.29 is 24.1 Å². The van der Waals surface area contributed by atoms with Gasteiger partial charge in [0.25, 0.3) is 0 Å². The molecular weight excluding hydrogens is 200 g/mol. The molecule has 5 heteroatoms. The summed E-state index contributed by atoms with van der Waals surface area (Å²) in [5.41, 5.74) is 0. The van der Waals surface area contributed by atoms with Gasteiger partial charge in [-0.25, -0.2) is 0 Å². The monoisotopic (exact) mass is 218 g/mol. The predicted molar refractivity (Wildman–Crippen MR) is 51.4 cm³/mol. The summed E-state index contributed by atoms with van der Waals surface area (Å²) < 4.78 is 21.7. The molecule has 0 saturated carbocycles. The molecule has 0 bridgehead atoms. The topological polar surface area (TPSA) is 57.2 Å². The Morgan fingerprint density at radius 1 is 1.07 bits per heavy atom. The van der Waals surface area contributed by atoms with Gasteiger partial charge in [0.15, 0.2) is 6.29 Å². The quantitative estimate of drug-likeness (QED) is 0.702. The van der Waals surface area contributed by atoms with Crippen molar-refractivity contribution in [1.82, 2.24) is 0 Å². The molecule has 2 aliphatic rings. The first-order valence-corrected chi connectivity index (χ1v) is 5.27. The zero-order chi connectivity index (χ0) is 11.0. The summed E-state index contributed by atoms with van der Waals surface area (Å²) in [7, 11) is 1.59. The lowest BCUT2D eigenvalue weighted by molar-refractivity contribution is -0.285. The number of ether oxygens (including phenoxy) is 4. The summed E-state index contributed by atoms with van der Waals surface area (Å²) in [5, 5.41) is 9.85. The number of hydrogen-bond acceptors (Lipinski definition) is 5. The van der Waals surface area contributed by atoms with E-state index in [1.807, 2.05) is 13.8 Å². The lowest BCUT2D eigenvalue weighted by Gasteiger charge is -2.36. The van der Waals surface area contributed by atoms with Gasteiger partial charge in [-0.2, -0.15) is 0 Å². The lowest BCUT2D eigenvalue weighted by Crippen LogP contribution is -2.51. The van der Waals surface area contributed by atoms with Crippen LogP contribution >= 0.6 is 0 Å². The summed E-state index contributed by atoms with van der Waals surface area (Å²) >= 11 is 0. The van der Waals surface area contributed by atoms with Gasteiger partial charge in [0.05, 0.1) is 18.8 Å². The molecule has 5 nitrogen and oxygen atoms in total. The molecule has 0 aromatic heterocycles. The maximum absolute atomic E-state index is 9.85. The van der Waals surface area contributed by atoms with Crippen LogP contribution in [0.15, 0.2) is 0 Å². The minimum atomic E-state index is -0.583. The second kappa shape index (κ2) is 4.35. The highest BCUT2D eigenvalue weighted by Crippen LogP contribution is 2.32. The van der Waals surface area contributed by atoms with Gasteiger partial charge in [0.2, 0.25) is 0 Å². The van der Waals surface area contributed by atoms with E-state index in [0.29, 0.717) is 6.61 Å². The Labute approximate surface area is 89.3 Å². The first-order chi connectivity index (χ1) is 7.13. The van der Waals surface area contributed by atoms with E-state index in [1.54, 1.807) is 7.11 Å². The van der Waals surface area contributed by atoms with Crippen molar-refractivity contribution in [2.75, 3.05) is 13.7 Å². The molecule has 2 saturated heterocycles. The van der Waals surface area contributed by atoms with Gasteiger partial charge in [-0.15, -0.1) is 0 Å². The van der Waals surface area contributed by atoms with Gasteiger partial charge in [-0.1, -0.05) is 0 Å². The fourth-order valence-corrected chi connectivity index (χ4v) is 2.14. The Kier molecular flexibility index (Phi) is 3.27. The molecule has 6 atom stereocenters. The SMILES string of the molecule is COCC1OC(C)C2OC(C)C(O)C2O1. The van der Waals surface area contributed by atoms with Crippen molar-refractivity contribution in [3.8, 4) is 0 Å². The predicted octanol–water partition coefficient (Wildman–Crippen LogP) is -0.0890. The summed E-state index contributed by atoms with van der Waals surface area (Å²) in [6, 6.07) is 0. The van der Waals surface area contributed by atoms with Crippen molar-refractivity contribution in [2.24, 2.45) is 0 Å². The van der Waals surface area contributed by atoms with Gasteiger partial charge in [-0.3, -0.25) is 0 Å². The van der Waals surface area contributed by atoms with Crippen LogP contribution in [-0.2, 0) is 18.9 Å². The van der Waals surface area contributed by atoms with E-state index in [4.69, 9.17) is 18.9 Å². The average molecular weight is 218 g/mol. The molecule has 6 unspecified atom stereocenters. The average Bonchev–Trinajstić information content (AvgIpc) is 2.46. The summed E-state index contributed by atoms with van der Waals surface area (Å²) in [6.07, 6.45) is -1.75. The van der Waals surface area contributed by atoms with Gasteiger partial charge in [0.1, 0.15) is 18.3 Å². The van der Waals surface area contributed by atoms with Crippen molar-refractivity contribution in [3.05, 3.63) is 0 Å². The highest BCUT2D eigenvalue weighted by atomic mass is 16.7. The summed E-state index contributed by atoms with van der Waals surface area (Å²) in [6.45, 7) is 4.13. The molecule has 0 radical (unpaired) electrons. The lowest BCUT2D eigenvalue weighted by atomic mass is 10.0. The van der Waals surface area contributed by atoms with Crippen LogP contribution in [0.1, 0.15) is 13.8 Å². The zero-order valence-corrected chi connectivity index (χ0v) is 9.25. The molecule has 0 aromatic rings. The van der Waals surface area contributed by atoms with E-state index in [2.05, 4.69) is 0 Å². The van der Waals surface area contributed by atoms with Gasteiger partial charge < -0.3 is 24.1 Å². The van der Waals surface area contributed by atoms with E-state index in [9.17, 15) is 5.11 Å². The zero-order valence-electron chi connectivity index (χ0n) is 9.25. The molecule has 2 fully saturated rings. The van der Waals surface area contributed by atoms with Crippen LogP contribution < -0.4 is 0 Å². The van der Waals surface area contributed by atoms with Gasteiger partial charge in [0, 0.05) is 7.11 Å². The number of aliphatic hydroxyl groups is 1. The standard InChI is InChI=1S/C10H18O5/c1-5-8(11)10-9(14-5)6(2)13-7(15-10)4-12-3/h5-11H,4H2,1-3H3. The molecule has 0 amide bonds. The van der Waals surface area contributed by atoms with Crippen LogP contribution in [0.25, 0.3) is 0 Å². The third-order valence-corrected chi connectivity index (χ3v) is 2.95. The Balaban J connectivity index is 2.03. The van der Waals surface area contributed by atoms with Crippen LogP contribution in [0, 0.1) is 0 Å². The second-order valence-corrected chi connectivity index (χ2v) is 4.12. The summed E-state index contributed by atoms with van der Waals surface area (Å²) in [4.78, 5) is 0. The number of hydrogen-bond donors (Lipinski definition) is 1. The van der Waals surface area contributed by atoms with E-state index in [-0.39, 0.29) is 24.4 Å². The Morgan fingerprint density at radius 3 is 2.47 bits per heavy atom. The van der Waals surface area contributed by atoms with Crippen LogP contribution in [0.2, 0.25) is 0 Å². The molecule has 0 aromatic carbocycles. The van der Waals surface area contributed by atoms with E-state index < -0.39 is 12.4 Å². The van der Waals surface area contributed by atoms with Crippen LogP contribution in [-0.4, -0.2) is 55.6 Å². The molecule has 0 spiro atoms. The molecule has 2 rings (SSSR count). The highest BCUT2D eigenvalue weighted by Gasteiger charge is 2.49. The normalized spacial score (nSPS) is 50.4. The minimum Gasteiger partial charge on any atom is -0.388 e. The Bertz CT molecular complexity index is 222. The van der Waals surface area contributed by atoms with Crippen molar-refractivity contribution >= 4 is 0 Å². The second-order valence-electron chi connectivity index (χ2n) is 4.12. The molecule has 2 aliphatic heterocycles. The fourth-order valence-electron chi connectivity index (χ4n) is 2.14. The maximum atomic E-state index is 9.85. The highest BCUT2D eigenvalue weighted by molar-refractivity contribution is 4.95. The number of rotatable bonds is 2. The minimum absolute atomic E-state index is 0.0801. The van der Waals surface area contributed by atoms with Crippen molar-refractivity contribution in [3.63, 3.8) is 0 Å². The van der Waals surface area contributed by atoms with Crippen molar-refractivity contribution in [2.45, 2.75) is 50.7 Å². The third-order valence-electron chi connectivity index (χ3n) is 2.95. The molecular formula is C10H18O5. The van der Waals surface area contributed by atoms with E-state index >= 15 is 0 Å². The molecule has 1 N–H and O–H groups in total. The van der Waals surface area contributed by atoms with Crippen molar-refractivity contribution in [1.29, 1.82) is 0 Å². The summed E-state index contributed by atoms with van der Waals surface area (Å²) in [5.74, 6) is 0. The molecule has 0 aliphatic carbocycles. The van der Waals surface area contributed by atoms with Crippen LogP contribution in [0.5, 0.6) is 0 Å². The van der Waals surface area contributed by atoms with E-state index in [0.717, 1.165) is 0 Å². The molecule has 2 heterocycles. The van der Waals surface area contributed by atoms with E-state index in [1.165, 1.54) is 0 Å². The van der Waals surface area contributed by atoms with Gasteiger partial charge >= 0.3 is 0 Å². The first-order valence-electron chi connectivity index (χ1n) is 5.27. The number of aliphatic hydroxyl groups excluding tert-OH is 1. The first kappa shape index (κ1) is 11.3.